The number of nitro groups is 1. The average Bonchev–Trinajstić information content (AvgIpc) is 2.72. The van der Waals surface area contributed by atoms with Crippen LogP contribution in [0.5, 0.6) is 5.75 Å². The number of hydrogen-bond acceptors (Lipinski definition) is 10. The minimum Gasteiger partial charge on any atom is -0.508 e. The van der Waals surface area contributed by atoms with Crippen molar-refractivity contribution in [1.29, 1.82) is 0 Å². The number of ketones is 2. The molecule has 4 atom stereocenters. The van der Waals surface area contributed by atoms with Crippen molar-refractivity contribution < 1.29 is 39.7 Å². The lowest BCUT2D eigenvalue weighted by Gasteiger charge is -2.50. The number of halogens is 1. The Morgan fingerprint density at radius 3 is 2.44 bits per heavy atom. The summed E-state index contributed by atoms with van der Waals surface area (Å²) in [5.74, 6) is -8.06. The number of carbonyl (C=O) groups excluding carboxylic acids is 3. The molecule has 34 heavy (non-hydrogen) atoms. The highest BCUT2D eigenvalue weighted by Gasteiger charge is 2.64. The summed E-state index contributed by atoms with van der Waals surface area (Å²) in [6.45, 7) is 0. The van der Waals surface area contributed by atoms with E-state index in [0.29, 0.717) is 9.13 Å². The standard InChI is InChI=1S/C21H20IN3O9/c1-24(2)14-8-4-6-3-7-9(22)5-10(25(33)34)15(26)12(7)16(27)11(6)18(29)21(8,32)19(30)13(17(14)28)20(23)31/h5-6,8,14,26-27,30,32H,3-4H2,1-2H3,(H2,23,31)/t6-,8-,14-,21-/m0/s1. The minimum absolute atomic E-state index is 0.0560. The van der Waals surface area contributed by atoms with Gasteiger partial charge in [0.15, 0.2) is 11.4 Å². The fraction of sp³-hybridized carbons (Fsp3) is 0.381. The van der Waals surface area contributed by atoms with Crippen LogP contribution < -0.4 is 5.73 Å². The zero-order chi connectivity index (χ0) is 25.4. The number of nitro benzene ring substituents is 1. The SMILES string of the molecule is CN(C)[C@@H]1C(=O)C(C(N)=O)=C(O)[C@@]2(O)C(=O)C3=C(O)c4c(O)c([N+](=O)[O-])cc(I)c4C[C@H]3C[C@@H]12. The number of carbonyl (C=O) groups is 3. The molecule has 0 heterocycles. The lowest BCUT2D eigenvalue weighted by atomic mass is 9.57. The van der Waals surface area contributed by atoms with Crippen molar-refractivity contribution in [1.82, 2.24) is 4.90 Å². The van der Waals surface area contributed by atoms with Gasteiger partial charge in [0.1, 0.15) is 17.1 Å². The molecule has 0 aromatic heterocycles. The topological polar surface area (TPSA) is 205 Å². The first-order valence-corrected chi connectivity index (χ1v) is 11.2. The molecule has 6 N–H and O–H groups in total. The second kappa shape index (κ2) is 7.74. The maximum atomic E-state index is 13.6. The summed E-state index contributed by atoms with van der Waals surface area (Å²) in [7, 11) is 3.01. The number of phenolic OH excluding ortho intramolecular Hbond substituents is 1. The van der Waals surface area contributed by atoms with Crippen molar-refractivity contribution in [2.24, 2.45) is 17.6 Å². The van der Waals surface area contributed by atoms with Crippen LogP contribution in [0.25, 0.3) is 5.76 Å². The highest BCUT2D eigenvalue weighted by Crippen LogP contribution is 2.53. The molecule has 0 radical (unpaired) electrons. The van der Waals surface area contributed by atoms with Gasteiger partial charge in [-0.3, -0.25) is 29.4 Å². The molecular weight excluding hydrogens is 565 g/mol. The van der Waals surface area contributed by atoms with Crippen LogP contribution in [0.3, 0.4) is 0 Å². The van der Waals surface area contributed by atoms with E-state index < -0.39 is 74.4 Å². The van der Waals surface area contributed by atoms with Crippen LogP contribution in [0.15, 0.2) is 23.0 Å². The molecular formula is C21H20IN3O9. The molecule has 1 aromatic carbocycles. The Bertz CT molecular complexity index is 1270. The Morgan fingerprint density at radius 2 is 1.91 bits per heavy atom. The minimum atomic E-state index is -2.76. The van der Waals surface area contributed by atoms with Crippen LogP contribution in [0.1, 0.15) is 17.5 Å². The van der Waals surface area contributed by atoms with Gasteiger partial charge in [0.05, 0.1) is 16.5 Å². The monoisotopic (exact) mass is 585 g/mol. The molecule has 0 aliphatic heterocycles. The summed E-state index contributed by atoms with van der Waals surface area (Å²) in [6.07, 6.45) is 0.0119. The number of hydrogen-bond donors (Lipinski definition) is 5. The summed E-state index contributed by atoms with van der Waals surface area (Å²) in [6, 6.07) is -0.0316. The highest BCUT2D eigenvalue weighted by atomic mass is 127. The number of aliphatic hydroxyl groups excluding tert-OH is 2. The van der Waals surface area contributed by atoms with E-state index in [1.165, 1.54) is 19.0 Å². The van der Waals surface area contributed by atoms with Crippen molar-refractivity contribution in [3.8, 4) is 5.75 Å². The van der Waals surface area contributed by atoms with Gasteiger partial charge in [-0.05, 0) is 61.0 Å². The van der Waals surface area contributed by atoms with E-state index in [-0.39, 0.29) is 24.0 Å². The van der Waals surface area contributed by atoms with Gasteiger partial charge in [-0.15, -0.1) is 0 Å². The Kier molecular flexibility index (Phi) is 5.49. The van der Waals surface area contributed by atoms with Gasteiger partial charge in [-0.25, -0.2) is 0 Å². The Morgan fingerprint density at radius 1 is 1.29 bits per heavy atom. The zero-order valence-corrected chi connectivity index (χ0v) is 20.1. The quantitative estimate of drug-likeness (QED) is 0.144. The van der Waals surface area contributed by atoms with E-state index in [2.05, 4.69) is 0 Å². The molecule has 12 nitrogen and oxygen atoms in total. The summed E-state index contributed by atoms with van der Waals surface area (Å²) in [5, 5.41) is 55.1. The van der Waals surface area contributed by atoms with Crippen LogP contribution in [0.4, 0.5) is 5.69 Å². The third-order valence-corrected chi connectivity index (χ3v) is 7.81. The van der Waals surface area contributed by atoms with Crippen LogP contribution in [-0.2, 0) is 20.8 Å². The van der Waals surface area contributed by atoms with Crippen molar-refractivity contribution in [3.05, 3.63) is 47.8 Å². The van der Waals surface area contributed by atoms with Gasteiger partial charge >= 0.3 is 5.69 Å². The maximum Gasteiger partial charge on any atom is 0.312 e. The molecule has 0 saturated heterocycles. The lowest BCUT2D eigenvalue weighted by Crippen LogP contribution is -2.65. The van der Waals surface area contributed by atoms with Crippen LogP contribution in [0, 0.1) is 25.5 Å². The van der Waals surface area contributed by atoms with E-state index in [1.54, 1.807) is 0 Å². The number of fused-ring (bicyclic) bond motifs is 3. The van der Waals surface area contributed by atoms with E-state index in [0.717, 1.165) is 6.07 Å². The maximum absolute atomic E-state index is 13.6. The van der Waals surface area contributed by atoms with E-state index in [4.69, 9.17) is 5.73 Å². The van der Waals surface area contributed by atoms with Gasteiger partial charge in [-0.2, -0.15) is 0 Å². The second-order valence-electron chi connectivity index (χ2n) is 8.80. The number of rotatable bonds is 3. The van der Waals surface area contributed by atoms with Crippen molar-refractivity contribution in [2.45, 2.75) is 24.5 Å². The molecule has 13 heteroatoms. The number of primary amides is 1. The largest absolute Gasteiger partial charge is 0.508 e. The van der Waals surface area contributed by atoms with Crippen molar-refractivity contribution >= 4 is 51.5 Å². The molecule has 3 aliphatic carbocycles. The first-order valence-electron chi connectivity index (χ1n) is 10.1. The van der Waals surface area contributed by atoms with Gasteiger partial charge in [0, 0.05) is 21.1 Å². The van der Waals surface area contributed by atoms with E-state index >= 15 is 0 Å². The third-order valence-electron chi connectivity index (χ3n) is 6.84. The number of benzene rings is 1. The smallest absolute Gasteiger partial charge is 0.312 e. The summed E-state index contributed by atoms with van der Waals surface area (Å²) < 4.78 is 0.374. The van der Waals surface area contributed by atoms with Gasteiger partial charge < -0.3 is 26.2 Å². The third kappa shape index (κ3) is 2.99. The van der Waals surface area contributed by atoms with Gasteiger partial charge in [-0.1, -0.05) is 0 Å². The normalized spacial score (nSPS) is 28.6. The summed E-state index contributed by atoms with van der Waals surface area (Å²) in [5.41, 5.74) is 0.619. The molecule has 0 unspecified atom stereocenters. The molecule has 3 aliphatic rings. The fourth-order valence-corrected chi connectivity index (χ4v) is 6.18. The zero-order valence-electron chi connectivity index (χ0n) is 17.9. The fourth-order valence-electron chi connectivity index (χ4n) is 5.39. The lowest BCUT2D eigenvalue weighted by molar-refractivity contribution is -0.386. The molecule has 1 saturated carbocycles. The predicted molar refractivity (Wildman–Crippen MR) is 124 cm³/mol. The Labute approximate surface area is 205 Å². The van der Waals surface area contributed by atoms with Crippen molar-refractivity contribution in [3.63, 3.8) is 0 Å². The molecule has 4 rings (SSSR count). The van der Waals surface area contributed by atoms with E-state index in [9.17, 15) is 44.9 Å². The number of nitrogens with zero attached hydrogens (tertiary/aromatic N) is 2. The van der Waals surface area contributed by atoms with Crippen LogP contribution >= 0.6 is 22.6 Å². The molecule has 1 fully saturated rings. The van der Waals surface area contributed by atoms with Gasteiger partial charge in [0.25, 0.3) is 5.91 Å². The number of likely N-dealkylation sites (N-methyl/N-ethyl adjacent to an activating group) is 1. The van der Waals surface area contributed by atoms with Crippen LogP contribution in [-0.4, -0.2) is 73.5 Å². The molecule has 1 aromatic rings. The molecule has 0 spiro atoms. The number of phenols is 1. The number of Topliss-reactive ketones (excluding diaryl/α,β-unsaturated/α-hetero) is 2. The number of nitrogens with two attached hydrogens (primary N) is 1. The second-order valence-corrected chi connectivity index (χ2v) is 9.96. The average molecular weight is 585 g/mol. The summed E-state index contributed by atoms with van der Waals surface area (Å²) >= 11 is 1.82. The molecule has 1 amide bonds. The van der Waals surface area contributed by atoms with E-state index in [1.807, 2.05) is 22.6 Å². The van der Waals surface area contributed by atoms with Gasteiger partial charge in [0.2, 0.25) is 11.5 Å². The predicted octanol–water partition coefficient (Wildman–Crippen LogP) is 0.477. The first-order chi connectivity index (χ1) is 15.7. The summed E-state index contributed by atoms with van der Waals surface area (Å²) in [4.78, 5) is 50.5. The number of aliphatic hydroxyl groups is 3. The van der Waals surface area contributed by atoms with Crippen molar-refractivity contribution in [2.75, 3.05) is 14.1 Å². The Hall–Kier alpha value is -3.04. The molecule has 180 valence electrons. The first kappa shape index (κ1) is 24.1. The molecule has 0 bridgehead atoms. The Balaban J connectivity index is 2.01. The van der Waals surface area contributed by atoms with Crippen LogP contribution in [0.2, 0.25) is 0 Å². The number of amides is 1. The number of aromatic hydroxyl groups is 1. The highest BCUT2D eigenvalue weighted by molar-refractivity contribution is 14.1.